The number of nitrogens with one attached hydrogen (secondary N) is 1. The van der Waals surface area contributed by atoms with E-state index in [0.717, 1.165) is 11.1 Å². The lowest BCUT2D eigenvalue weighted by atomic mass is 10.0. The lowest BCUT2D eigenvalue weighted by Gasteiger charge is -2.31. The Morgan fingerprint density at radius 2 is 1.56 bits per heavy atom. The number of carbonyl (C=O) groups excluding carboxylic acids is 2. The van der Waals surface area contributed by atoms with E-state index in [1.165, 1.54) is 0 Å². The molecule has 3 rings (SSSR count). The molecule has 0 bridgehead atoms. The Kier molecular flexibility index (Phi) is 10.8. The summed E-state index contributed by atoms with van der Waals surface area (Å²) in [5.41, 5.74) is 1.62. The zero-order valence-corrected chi connectivity index (χ0v) is 21.5. The van der Waals surface area contributed by atoms with Gasteiger partial charge in [0.15, 0.2) is 6.61 Å². The molecule has 0 unspecified atom stereocenters. The molecule has 1 N–H and O–H groups in total. The number of hydrogen-bond acceptors (Lipinski definition) is 4. The Bertz CT molecular complexity index is 1090. The van der Waals surface area contributed by atoms with E-state index < -0.39 is 6.04 Å². The molecule has 0 saturated carbocycles. The zero-order chi connectivity index (χ0) is 25.8. The third-order valence-electron chi connectivity index (χ3n) is 5.45. The number of ether oxygens (including phenoxy) is 2. The van der Waals surface area contributed by atoms with Crippen LogP contribution in [0.2, 0.25) is 5.02 Å². The van der Waals surface area contributed by atoms with E-state index >= 15 is 0 Å². The van der Waals surface area contributed by atoms with Gasteiger partial charge >= 0.3 is 0 Å². The van der Waals surface area contributed by atoms with Crippen molar-refractivity contribution in [2.75, 3.05) is 19.8 Å². The van der Waals surface area contributed by atoms with Crippen LogP contribution < -0.4 is 10.1 Å². The average molecular weight is 509 g/mol. The molecule has 0 aliphatic carbocycles. The van der Waals surface area contributed by atoms with Crippen molar-refractivity contribution in [3.05, 3.63) is 101 Å². The van der Waals surface area contributed by atoms with Crippen molar-refractivity contribution in [1.82, 2.24) is 10.2 Å². The average Bonchev–Trinajstić information content (AvgIpc) is 2.88. The number of hydrogen-bond donors (Lipinski definition) is 1. The first-order valence-electron chi connectivity index (χ1n) is 12.1. The van der Waals surface area contributed by atoms with Crippen LogP contribution in [-0.4, -0.2) is 42.6 Å². The predicted molar refractivity (Wildman–Crippen MR) is 142 cm³/mol. The first-order valence-corrected chi connectivity index (χ1v) is 12.5. The molecule has 0 aliphatic heterocycles. The van der Waals surface area contributed by atoms with Gasteiger partial charge in [0.25, 0.3) is 5.91 Å². The summed E-state index contributed by atoms with van der Waals surface area (Å²) in [5.74, 6) is -0.170. The molecule has 0 spiro atoms. The molecule has 6 nitrogen and oxygen atoms in total. The molecule has 0 aromatic heterocycles. The predicted octanol–water partition coefficient (Wildman–Crippen LogP) is 5.42. The van der Waals surface area contributed by atoms with Gasteiger partial charge in [-0.2, -0.15) is 0 Å². The molecule has 0 fully saturated rings. The van der Waals surface area contributed by atoms with Crippen LogP contribution in [0.25, 0.3) is 0 Å². The van der Waals surface area contributed by atoms with Gasteiger partial charge in [0, 0.05) is 19.7 Å². The van der Waals surface area contributed by atoms with E-state index in [1.807, 2.05) is 74.5 Å². The number of halogens is 1. The summed E-state index contributed by atoms with van der Waals surface area (Å²) < 4.78 is 11.3. The van der Waals surface area contributed by atoms with E-state index in [-0.39, 0.29) is 31.1 Å². The highest BCUT2D eigenvalue weighted by molar-refractivity contribution is 6.32. The van der Waals surface area contributed by atoms with Crippen molar-refractivity contribution < 1.29 is 19.1 Å². The molecule has 3 aromatic carbocycles. The summed E-state index contributed by atoms with van der Waals surface area (Å²) >= 11 is 6.20. The van der Waals surface area contributed by atoms with E-state index in [1.54, 1.807) is 29.2 Å². The van der Waals surface area contributed by atoms with Gasteiger partial charge in [0.1, 0.15) is 11.8 Å². The second-order valence-corrected chi connectivity index (χ2v) is 9.01. The summed E-state index contributed by atoms with van der Waals surface area (Å²) in [7, 11) is 0. The fourth-order valence-corrected chi connectivity index (χ4v) is 3.89. The summed E-state index contributed by atoms with van der Waals surface area (Å²) in [5, 5.41) is 3.40. The molecule has 190 valence electrons. The third-order valence-corrected chi connectivity index (χ3v) is 5.76. The minimum absolute atomic E-state index is 0.134. The Hall–Kier alpha value is -3.35. The minimum atomic E-state index is -0.834. The van der Waals surface area contributed by atoms with Crippen molar-refractivity contribution in [3.8, 4) is 5.75 Å². The fourth-order valence-electron chi connectivity index (χ4n) is 3.70. The quantitative estimate of drug-likeness (QED) is 0.313. The summed E-state index contributed by atoms with van der Waals surface area (Å²) in [4.78, 5) is 28.6. The van der Waals surface area contributed by atoms with E-state index in [4.69, 9.17) is 21.1 Å². The van der Waals surface area contributed by atoms with Gasteiger partial charge in [-0.05, 0) is 43.5 Å². The van der Waals surface area contributed by atoms with Gasteiger partial charge in [-0.3, -0.25) is 9.59 Å². The molecular weight excluding hydrogens is 476 g/mol. The molecule has 0 radical (unpaired) electrons. The van der Waals surface area contributed by atoms with Crippen LogP contribution in [0.4, 0.5) is 0 Å². The highest BCUT2D eigenvalue weighted by Gasteiger charge is 2.31. The van der Waals surface area contributed by atoms with Crippen molar-refractivity contribution >= 4 is 23.4 Å². The molecule has 0 aliphatic rings. The normalized spacial score (nSPS) is 11.7. The molecule has 36 heavy (non-hydrogen) atoms. The highest BCUT2D eigenvalue weighted by atomic mass is 35.5. The first kappa shape index (κ1) is 27.2. The SMILES string of the molecule is CC(C)OCCCNC(=O)[C@H](c1ccccc1)N(Cc1ccccc1)C(=O)COc1ccccc1Cl. The lowest BCUT2D eigenvalue weighted by Crippen LogP contribution is -2.45. The molecule has 0 heterocycles. The van der Waals surface area contributed by atoms with Gasteiger partial charge in [-0.15, -0.1) is 0 Å². The number of benzene rings is 3. The van der Waals surface area contributed by atoms with E-state index in [9.17, 15) is 9.59 Å². The standard InChI is InChI=1S/C29H33ClN2O4/c1-22(2)35-19-11-18-31-29(34)28(24-14-7-4-8-15-24)32(20-23-12-5-3-6-13-23)27(33)21-36-26-17-10-9-16-25(26)30/h3-10,12-17,22,28H,11,18-21H2,1-2H3,(H,31,34)/t28-/m0/s1. The largest absolute Gasteiger partial charge is 0.482 e. The van der Waals surface area contributed by atoms with E-state index in [2.05, 4.69) is 5.32 Å². The van der Waals surface area contributed by atoms with Gasteiger partial charge in [0.2, 0.25) is 5.91 Å². The van der Waals surface area contributed by atoms with Crippen LogP contribution in [-0.2, 0) is 20.9 Å². The Balaban J connectivity index is 1.83. The third kappa shape index (κ3) is 8.40. The summed E-state index contributed by atoms with van der Waals surface area (Å²) in [6.45, 7) is 4.93. The van der Waals surface area contributed by atoms with Crippen molar-refractivity contribution in [1.29, 1.82) is 0 Å². The summed E-state index contributed by atoms with van der Waals surface area (Å²) in [6, 6.07) is 25.0. The van der Waals surface area contributed by atoms with Crippen LogP contribution in [0.3, 0.4) is 0 Å². The Morgan fingerprint density at radius 3 is 2.22 bits per heavy atom. The fraction of sp³-hybridized carbons (Fsp3) is 0.310. The highest BCUT2D eigenvalue weighted by Crippen LogP contribution is 2.26. The number of carbonyl (C=O) groups is 2. The molecule has 3 aromatic rings. The topological polar surface area (TPSA) is 67.9 Å². The van der Waals surface area contributed by atoms with Gasteiger partial charge < -0.3 is 19.7 Å². The molecular formula is C29H33ClN2O4. The first-order chi connectivity index (χ1) is 17.5. The van der Waals surface area contributed by atoms with Crippen LogP contribution in [0.15, 0.2) is 84.9 Å². The zero-order valence-electron chi connectivity index (χ0n) is 20.7. The maximum Gasteiger partial charge on any atom is 0.261 e. The van der Waals surface area contributed by atoms with Crippen molar-refractivity contribution in [2.24, 2.45) is 0 Å². The smallest absolute Gasteiger partial charge is 0.261 e. The van der Waals surface area contributed by atoms with Crippen LogP contribution in [0.1, 0.15) is 37.4 Å². The van der Waals surface area contributed by atoms with Crippen LogP contribution >= 0.6 is 11.6 Å². The van der Waals surface area contributed by atoms with Gasteiger partial charge in [-0.25, -0.2) is 0 Å². The monoisotopic (exact) mass is 508 g/mol. The Labute approximate surface area is 218 Å². The number of amides is 2. The van der Waals surface area contributed by atoms with Crippen LogP contribution in [0.5, 0.6) is 5.75 Å². The summed E-state index contributed by atoms with van der Waals surface area (Å²) in [6.07, 6.45) is 0.808. The van der Waals surface area contributed by atoms with E-state index in [0.29, 0.717) is 30.3 Å². The number of para-hydroxylation sites is 1. The van der Waals surface area contributed by atoms with Gasteiger partial charge in [-0.1, -0.05) is 84.4 Å². The number of nitrogens with zero attached hydrogens (tertiary/aromatic N) is 1. The number of rotatable bonds is 13. The van der Waals surface area contributed by atoms with Crippen molar-refractivity contribution in [2.45, 2.75) is 39.0 Å². The second-order valence-electron chi connectivity index (χ2n) is 8.60. The maximum atomic E-state index is 13.6. The Morgan fingerprint density at radius 1 is 0.917 bits per heavy atom. The molecule has 7 heteroatoms. The van der Waals surface area contributed by atoms with Crippen LogP contribution in [0, 0.1) is 0 Å². The molecule has 2 amide bonds. The van der Waals surface area contributed by atoms with Gasteiger partial charge in [0.05, 0.1) is 11.1 Å². The lowest BCUT2D eigenvalue weighted by molar-refractivity contribution is -0.143. The molecule has 1 atom stereocenters. The van der Waals surface area contributed by atoms with Crippen molar-refractivity contribution in [3.63, 3.8) is 0 Å². The molecule has 0 saturated heterocycles. The second kappa shape index (κ2) is 14.3. The minimum Gasteiger partial charge on any atom is -0.482 e. The maximum absolute atomic E-state index is 13.6.